The average Bonchev–Trinajstić information content (AvgIpc) is 2.87. The predicted molar refractivity (Wildman–Crippen MR) is 91.7 cm³/mol. The van der Waals surface area contributed by atoms with E-state index in [1.54, 1.807) is 8.61 Å². The van der Waals surface area contributed by atoms with Gasteiger partial charge >= 0.3 is 0 Å². The fourth-order valence-electron chi connectivity index (χ4n) is 3.59. The number of aryl methyl sites for hydroxylation is 2. The zero-order valence-corrected chi connectivity index (χ0v) is 15.7. The first-order valence-corrected chi connectivity index (χ1v) is 10.2. The molecule has 0 N–H and O–H groups in total. The number of piperidine rings is 1. The summed E-state index contributed by atoms with van der Waals surface area (Å²) < 4.78 is 34.2. The molecule has 0 bridgehead atoms. The molecule has 8 heteroatoms. The molecule has 2 aliphatic heterocycles. The molecule has 1 atom stereocenters. The van der Waals surface area contributed by atoms with E-state index in [9.17, 15) is 8.42 Å². The lowest BCUT2D eigenvalue weighted by molar-refractivity contribution is 0.169. The van der Waals surface area contributed by atoms with E-state index in [2.05, 4.69) is 17.0 Å². The summed E-state index contributed by atoms with van der Waals surface area (Å²) in [5.74, 6) is 1.30. The summed E-state index contributed by atoms with van der Waals surface area (Å²) in [7, 11) is -3.31. The Morgan fingerprint density at radius 3 is 2.42 bits per heavy atom. The van der Waals surface area contributed by atoms with Crippen LogP contribution in [0.1, 0.15) is 36.8 Å². The molecule has 136 valence electrons. The monoisotopic (exact) mass is 356 g/mol. The molecule has 24 heavy (non-hydrogen) atoms. The number of piperazine rings is 1. The average molecular weight is 356 g/mol. The molecule has 2 fully saturated rings. The first-order valence-electron chi connectivity index (χ1n) is 8.77. The van der Waals surface area contributed by atoms with Crippen LogP contribution >= 0.6 is 0 Å². The second-order valence-electron chi connectivity index (χ2n) is 7.09. The third-order valence-corrected chi connectivity index (χ3v) is 7.17. The second kappa shape index (κ2) is 7.11. The van der Waals surface area contributed by atoms with E-state index in [1.807, 2.05) is 13.8 Å². The molecule has 0 radical (unpaired) electrons. The van der Waals surface area contributed by atoms with E-state index in [4.69, 9.17) is 4.52 Å². The maximum absolute atomic E-state index is 12.8. The van der Waals surface area contributed by atoms with Gasteiger partial charge in [0.25, 0.3) is 10.2 Å². The van der Waals surface area contributed by atoms with Gasteiger partial charge in [0.1, 0.15) is 5.76 Å². The molecule has 0 aromatic carbocycles. The van der Waals surface area contributed by atoms with Gasteiger partial charge in [-0.3, -0.25) is 4.90 Å². The molecule has 7 nitrogen and oxygen atoms in total. The predicted octanol–water partition coefficient (Wildman–Crippen LogP) is 1.39. The SMILES string of the molecule is Cc1noc(C)c1CN1CCN(S(=O)(=O)N2CCCC(C)C2)CC1. The first kappa shape index (κ1) is 17.8. The maximum atomic E-state index is 12.8. The molecule has 2 saturated heterocycles. The summed E-state index contributed by atoms with van der Waals surface area (Å²) >= 11 is 0. The lowest BCUT2D eigenvalue weighted by atomic mass is 10.0. The zero-order valence-electron chi connectivity index (χ0n) is 14.9. The van der Waals surface area contributed by atoms with Crippen molar-refractivity contribution < 1.29 is 12.9 Å². The van der Waals surface area contributed by atoms with Crippen LogP contribution in [-0.4, -0.2) is 66.4 Å². The van der Waals surface area contributed by atoms with Gasteiger partial charge in [-0.05, 0) is 32.6 Å². The minimum absolute atomic E-state index is 0.453. The maximum Gasteiger partial charge on any atom is 0.282 e. The molecule has 3 heterocycles. The van der Waals surface area contributed by atoms with Gasteiger partial charge in [0.15, 0.2) is 0 Å². The van der Waals surface area contributed by atoms with Crippen molar-refractivity contribution in [1.82, 2.24) is 18.7 Å². The number of hydrogen-bond donors (Lipinski definition) is 0. The van der Waals surface area contributed by atoms with Crippen LogP contribution < -0.4 is 0 Å². The van der Waals surface area contributed by atoms with Crippen molar-refractivity contribution in [3.63, 3.8) is 0 Å². The smallest absolute Gasteiger partial charge is 0.282 e. The molecule has 1 unspecified atom stereocenters. The Labute approximate surface area is 144 Å². The minimum Gasteiger partial charge on any atom is -0.361 e. The normalized spacial score (nSPS) is 25.2. The lowest BCUT2D eigenvalue weighted by Gasteiger charge is -2.38. The van der Waals surface area contributed by atoms with E-state index in [0.29, 0.717) is 32.1 Å². The van der Waals surface area contributed by atoms with Crippen molar-refractivity contribution in [2.45, 2.75) is 40.2 Å². The first-order chi connectivity index (χ1) is 11.4. The zero-order chi connectivity index (χ0) is 17.3. The van der Waals surface area contributed by atoms with Crippen molar-refractivity contribution in [3.8, 4) is 0 Å². The highest BCUT2D eigenvalue weighted by molar-refractivity contribution is 7.86. The Bertz CT molecular complexity index is 645. The largest absolute Gasteiger partial charge is 0.361 e. The molecule has 1 aromatic heterocycles. The highest BCUT2D eigenvalue weighted by Crippen LogP contribution is 2.22. The van der Waals surface area contributed by atoms with Crippen molar-refractivity contribution >= 4 is 10.2 Å². The molecular weight excluding hydrogens is 328 g/mol. The molecule has 3 rings (SSSR count). The fourth-order valence-corrected chi connectivity index (χ4v) is 5.34. The van der Waals surface area contributed by atoms with Gasteiger partial charge in [0.2, 0.25) is 0 Å². The van der Waals surface area contributed by atoms with Crippen molar-refractivity contribution in [2.24, 2.45) is 5.92 Å². The number of aromatic nitrogens is 1. The van der Waals surface area contributed by atoms with Gasteiger partial charge < -0.3 is 4.52 Å². The van der Waals surface area contributed by atoms with Gasteiger partial charge in [-0.15, -0.1) is 0 Å². The van der Waals surface area contributed by atoms with Crippen molar-refractivity contribution in [2.75, 3.05) is 39.3 Å². The van der Waals surface area contributed by atoms with Crippen LogP contribution in [0.3, 0.4) is 0 Å². The molecule has 0 spiro atoms. The van der Waals surface area contributed by atoms with E-state index in [1.165, 1.54) is 0 Å². The van der Waals surface area contributed by atoms with Crippen LogP contribution in [0, 0.1) is 19.8 Å². The molecule has 0 saturated carbocycles. The third-order valence-electron chi connectivity index (χ3n) is 5.17. The van der Waals surface area contributed by atoms with Gasteiger partial charge in [-0.2, -0.15) is 17.0 Å². The Morgan fingerprint density at radius 1 is 1.12 bits per heavy atom. The van der Waals surface area contributed by atoms with Gasteiger partial charge in [0, 0.05) is 51.4 Å². The molecule has 2 aliphatic rings. The van der Waals surface area contributed by atoms with Crippen LogP contribution in [0.25, 0.3) is 0 Å². The summed E-state index contributed by atoms with van der Waals surface area (Å²) in [4.78, 5) is 2.28. The van der Waals surface area contributed by atoms with E-state index in [-0.39, 0.29) is 0 Å². The van der Waals surface area contributed by atoms with Crippen molar-refractivity contribution in [3.05, 3.63) is 17.0 Å². The summed E-state index contributed by atoms with van der Waals surface area (Å²) in [6, 6.07) is 0. The second-order valence-corrected chi connectivity index (χ2v) is 9.02. The van der Waals surface area contributed by atoms with Gasteiger partial charge in [-0.1, -0.05) is 12.1 Å². The Hall–Kier alpha value is -0.960. The summed E-state index contributed by atoms with van der Waals surface area (Å²) in [6.45, 7) is 10.7. The van der Waals surface area contributed by atoms with Crippen LogP contribution in [0.2, 0.25) is 0 Å². The highest BCUT2D eigenvalue weighted by Gasteiger charge is 2.34. The quantitative estimate of drug-likeness (QED) is 0.815. The minimum atomic E-state index is -3.31. The van der Waals surface area contributed by atoms with Gasteiger partial charge in [0.05, 0.1) is 5.69 Å². The summed E-state index contributed by atoms with van der Waals surface area (Å²) in [6.07, 6.45) is 2.09. The number of hydrogen-bond acceptors (Lipinski definition) is 5. The van der Waals surface area contributed by atoms with Gasteiger partial charge in [-0.25, -0.2) is 0 Å². The molecule has 1 aromatic rings. The lowest BCUT2D eigenvalue weighted by Crippen LogP contribution is -2.54. The molecular formula is C16H28N4O3S. The standard InChI is InChI=1S/C16H28N4O3S/c1-13-5-4-6-20(11-13)24(21,22)19-9-7-18(8-10-19)12-16-14(2)17-23-15(16)3/h13H,4-12H2,1-3H3. The Kier molecular flexibility index (Phi) is 5.29. The van der Waals surface area contributed by atoms with Crippen LogP contribution in [0.15, 0.2) is 4.52 Å². The molecule has 0 aliphatic carbocycles. The molecule has 0 amide bonds. The topological polar surface area (TPSA) is 69.9 Å². The van der Waals surface area contributed by atoms with Crippen LogP contribution in [0.4, 0.5) is 0 Å². The number of nitrogens with zero attached hydrogens (tertiary/aromatic N) is 4. The van der Waals surface area contributed by atoms with E-state index >= 15 is 0 Å². The fraction of sp³-hybridized carbons (Fsp3) is 0.812. The van der Waals surface area contributed by atoms with Crippen LogP contribution in [0.5, 0.6) is 0 Å². The summed E-state index contributed by atoms with van der Waals surface area (Å²) in [5.41, 5.74) is 2.04. The highest BCUT2D eigenvalue weighted by atomic mass is 32.2. The Morgan fingerprint density at radius 2 is 1.83 bits per heavy atom. The van der Waals surface area contributed by atoms with E-state index < -0.39 is 10.2 Å². The van der Waals surface area contributed by atoms with Crippen molar-refractivity contribution in [1.29, 1.82) is 0 Å². The Balaban J connectivity index is 1.58. The van der Waals surface area contributed by atoms with E-state index in [0.717, 1.165) is 49.5 Å². The number of rotatable bonds is 4. The third kappa shape index (κ3) is 3.66. The van der Waals surface area contributed by atoms with Crippen LogP contribution in [-0.2, 0) is 16.8 Å². The summed E-state index contributed by atoms with van der Waals surface area (Å²) in [5, 5.41) is 3.99.